The number of anilines is 1. The summed E-state index contributed by atoms with van der Waals surface area (Å²) in [5, 5.41) is 2.88. The van der Waals surface area contributed by atoms with Gasteiger partial charge in [0.05, 0.1) is 12.7 Å². The largest absolute Gasteiger partial charge is 0.494 e. The molecule has 2 aromatic carbocycles. The van der Waals surface area contributed by atoms with Gasteiger partial charge in [0, 0.05) is 11.3 Å². The van der Waals surface area contributed by atoms with E-state index in [1.165, 1.54) is 0 Å². The Morgan fingerprint density at radius 1 is 1.13 bits per heavy atom. The molecule has 122 valence electrons. The van der Waals surface area contributed by atoms with Crippen molar-refractivity contribution < 1.29 is 14.3 Å². The lowest BCUT2D eigenvalue weighted by Gasteiger charge is -2.11. The van der Waals surface area contributed by atoms with E-state index in [-0.39, 0.29) is 12.0 Å². The summed E-state index contributed by atoms with van der Waals surface area (Å²) in [6, 6.07) is 12.8. The molecule has 23 heavy (non-hydrogen) atoms. The molecule has 4 nitrogen and oxygen atoms in total. The van der Waals surface area contributed by atoms with Crippen LogP contribution in [0.2, 0.25) is 0 Å². The van der Waals surface area contributed by atoms with Crippen LogP contribution in [-0.4, -0.2) is 18.6 Å². The minimum Gasteiger partial charge on any atom is -0.494 e. The standard InChI is InChI=1S/C19H23NO3/c1-5-22-18-11-6-15(12-14(18)4)19(21)20-16-7-9-17(10-8-16)23-13(2)3/h6-13H,5H2,1-4H3,(H,20,21). The zero-order valence-electron chi connectivity index (χ0n) is 14.1. The van der Waals surface area contributed by atoms with Crippen LogP contribution in [0.15, 0.2) is 42.5 Å². The van der Waals surface area contributed by atoms with Crippen molar-refractivity contribution in [3.8, 4) is 11.5 Å². The van der Waals surface area contributed by atoms with Crippen molar-refractivity contribution in [1.82, 2.24) is 0 Å². The van der Waals surface area contributed by atoms with Crippen molar-refractivity contribution in [3.05, 3.63) is 53.6 Å². The number of nitrogens with one attached hydrogen (secondary N) is 1. The number of aryl methyl sites for hydroxylation is 1. The van der Waals surface area contributed by atoms with Crippen molar-refractivity contribution in [2.75, 3.05) is 11.9 Å². The van der Waals surface area contributed by atoms with Crippen molar-refractivity contribution in [2.24, 2.45) is 0 Å². The fraction of sp³-hybridized carbons (Fsp3) is 0.316. The summed E-state index contributed by atoms with van der Waals surface area (Å²) < 4.78 is 11.1. The highest BCUT2D eigenvalue weighted by Crippen LogP contribution is 2.21. The Morgan fingerprint density at radius 2 is 1.83 bits per heavy atom. The Bertz CT molecular complexity index is 663. The highest BCUT2D eigenvalue weighted by molar-refractivity contribution is 6.04. The van der Waals surface area contributed by atoms with Crippen LogP contribution in [0.3, 0.4) is 0 Å². The zero-order chi connectivity index (χ0) is 16.8. The number of amides is 1. The second-order valence-electron chi connectivity index (χ2n) is 5.56. The lowest BCUT2D eigenvalue weighted by Crippen LogP contribution is -2.12. The van der Waals surface area contributed by atoms with Gasteiger partial charge < -0.3 is 14.8 Å². The molecule has 0 radical (unpaired) electrons. The van der Waals surface area contributed by atoms with Crippen LogP contribution in [-0.2, 0) is 0 Å². The topological polar surface area (TPSA) is 47.6 Å². The molecule has 0 spiro atoms. The summed E-state index contributed by atoms with van der Waals surface area (Å²) in [7, 11) is 0. The van der Waals surface area contributed by atoms with Crippen LogP contribution in [0.5, 0.6) is 11.5 Å². The fourth-order valence-electron chi connectivity index (χ4n) is 2.20. The second kappa shape index (κ2) is 7.68. The first-order valence-electron chi connectivity index (χ1n) is 7.81. The Labute approximate surface area is 137 Å². The van der Waals surface area contributed by atoms with E-state index in [1.807, 2.05) is 64.1 Å². The molecule has 2 rings (SSSR count). The van der Waals surface area contributed by atoms with Crippen molar-refractivity contribution in [2.45, 2.75) is 33.8 Å². The number of benzene rings is 2. The van der Waals surface area contributed by atoms with Gasteiger partial charge in [-0.25, -0.2) is 0 Å². The molecule has 0 aliphatic heterocycles. The van der Waals surface area contributed by atoms with Crippen molar-refractivity contribution >= 4 is 11.6 Å². The molecular formula is C19H23NO3. The third-order valence-corrected chi connectivity index (χ3v) is 3.22. The van der Waals surface area contributed by atoms with Crippen LogP contribution >= 0.6 is 0 Å². The minimum absolute atomic E-state index is 0.127. The van der Waals surface area contributed by atoms with Gasteiger partial charge in [0.1, 0.15) is 11.5 Å². The average molecular weight is 313 g/mol. The van der Waals surface area contributed by atoms with E-state index in [0.29, 0.717) is 12.2 Å². The molecule has 0 saturated heterocycles. The van der Waals surface area contributed by atoms with Crippen molar-refractivity contribution in [1.29, 1.82) is 0 Å². The number of hydrogen-bond acceptors (Lipinski definition) is 3. The molecule has 1 N–H and O–H groups in total. The third kappa shape index (κ3) is 4.74. The summed E-state index contributed by atoms with van der Waals surface area (Å²) in [6.07, 6.45) is 0.127. The SMILES string of the molecule is CCOc1ccc(C(=O)Nc2ccc(OC(C)C)cc2)cc1C. The maximum atomic E-state index is 12.3. The predicted molar refractivity (Wildman–Crippen MR) is 92.5 cm³/mol. The number of carbonyl (C=O) groups excluding carboxylic acids is 1. The van der Waals surface area contributed by atoms with Crippen LogP contribution < -0.4 is 14.8 Å². The maximum absolute atomic E-state index is 12.3. The second-order valence-corrected chi connectivity index (χ2v) is 5.56. The Hall–Kier alpha value is -2.49. The molecule has 0 heterocycles. The van der Waals surface area contributed by atoms with Crippen LogP contribution in [0.25, 0.3) is 0 Å². The van der Waals surface area contributed by atoms with E-state index in [2.05, 4.69) is 5.32 Å². The first kappa shape index (κ1) is 16.9. The van der Waals surface area contributed by atoms with Gasteiger partial charge in [-0.15, -0.1) is 0 Å². The smallest absolute Gasteiger partial charge is 0.255 e. The van der Waals surface area contributed by atoms with E-state index in [9.17, 15) is 4.79 Å². The molecular weight excluding hydrogens is 290 g/mol. The van der Waals surface area contributed by atoms with Crippen molar-refractivity contribution in [3.63, 3.8) is 0 Å². The van der Waals surface area contributed by atoms with Crippen LogP contribution in [0, 0.1) is 6.92 Å². The molecule has 0 unspecified atom stereocenters. The van der Waals surface area contributed by atoms with Gasteiger partial charge in [0.2, 0.25) is 0 Å². The minimum atomic E-state index is -0.145. The Balaban J connectivity index is 2.05. The summed E-state index contributed by atoms with van der Waals surface area (Å²) in [6.45, 7) is 8.43. The number of carbonyl (C=O) groups is 1. The molecule has 4 heteroatoms. The van der Waals surface area contributed by atoms with Gasteiger partial charge in [-0.2, -0.15) is 0 Å². The molecule has 0 saturated carbocycles. The number of ether oxygens (including phenoxy) is 2. The molecule has 0 fully saturated rings. The maximum Gasteiger partial charge on any atom is 0.255 e. The summed E-state index contributed by atoms with van der Waals surface area (Å²) in [5.74, 6) is 1.45. The fourth-order valence-corrected chi connectivity index (χ4v) is 2.20. The monoisotopic (exact) mass is 313 g/mol. The zero-order valence-corrected chi connectivity index (χ0v) is 14.1. The molecule has 1 amide bonds. The van der Waals surface area contributed by atoms with Gasteiger partial charge >= 0.3 is 0 Å². The Morgan fingerprint density at radius 3 is 2.39 bits per heavy atom. The summed E-state index contributed by atoms with van der Waals surface area (Å²) >= 11 is 0. The first-order valence-corrected chi connectivity index (χ1v) is 7.81. The Kier molecular flexibility index (Phi) is 5.63. The van der Waals surface area contributed by atoms with E-state index < -0.39 is 0 Å². The quantitative estimate of drug-likeness (QED) is 0.858. The highest BCUT2D eigenvalue weighted by atomic mass is 16.5. The average Bonchev–Trinajstić information content (AvgIpc) is 2.51. The normalized spacial score (nSPS) is 10.5. The van der Waals surface area contributed by atoms with E-state index >= 15 is 0 Å². The molecule has 0 aliphatic rings. The van der Waals surface area contributed by atoms with Gasteiger partial charge in [0.15, 0.2) is 0 Å². The van der Waals surface area contributed by atoms with Crippen LogP contribution in [0.4, 0.5) is 5.69 Å². The van der Waals surface area contributed by atoms with Gasteiger partial charge in [0.25, 0.3) is 5.91 Å². The number of rotatable bonds is 6. The van der Waals surface area contributed by atoms with E-state index in [0.717, 1.165) is 22.7 Å². The van der Waals surface area contributed by atoms with Gasteiger partial charge in [-0.3, -0.25) is 4.79 Å². The van der Waals surface area contributed by atoms with E-state index in [1.54, 1.807) is 6.07 Å². The summed E-state index contributed by atoms with van der Waals surface area (Å²) in [4.78, 5) is 12.3. The molecule has 0 aromatic heterocycles. The molecule has 0 bridgehead atoms. The van der Waals surface area contributed by atoms with Gasteiger partial charge in [-0.1, -0.05) is 0 Å². The van der Waals surface area contributed by atoms with E-state index in [4.69, 9.17) is 9.47 Å². The predicted octanol–water partition coefficient (Wildman–Crippen LogP) is 4.43. The molecule has 0 atom stereocenters. The summed E-state index contributed by atoms with van der Waals surface area (Å²) in [5.41, 5.74) is 2.28. The lowest BCUT2D eigenvalue weighted by molar-refractivity contribution is 0.102. The van der Waals surface area contributed by atoms with Gasteiger partial charge in [-0.05, 0) is 75.7 Å². The lowest BCUT2D eigenvalue weighted by atomic mass is 10.1. The third-order valence-electron chi connectivity index (χ3n) is 3.22. The first-order chi connectivity index (χ1) is 11.0. The highest BCUT2D eigenvalue weighted by Gasteiger charge is 2.09. The molecule has 2 aromatic rings. The van der Waals surface area contributed by atoms with Crippen LogP contribution in [0.1, 0.15) is 36.7 Å². The molecule has 0 aliphatic carbocycles. The number of hydrogen-bond donors (Lipinski definition) is 1.